The smallest absolute Gasteiger partial charge is 0.242 e. The van der Waals surface area contributed by atoms with E-state index in [0.717, 1.165) is 6.07 Å². The number of hydrogen-bond donors (Lipinski definition) is 0. The average molecular weight is 232 g/mol. The second kappa shape index (κ2) is 3.77. The monoisotopic (exact) mass is 231 g/mol. The van der Waals surface area contributed by atoms with E-state index in [1.165, 1.54) is 11.0 Å². The first kappa shape index (κ1) is 10.4. The molecule has 1 aliphatic rings. The molecule has 1 aromatic carbocycles. The van der Waals surface area contributed by atoms with Crippen LogP contribution in [0.4, 0.5) is 14.5 Å². The highest BCUT2D eigenvalue weighted by atomic mass is 35.5. The number of fused-ring (bicyclic) bond motifs is 1. The second-order valence-corrected chi connectivity index (χ2v) is 3.59. The number of carbonyl (C=O) groups excluding carboxylic acids is 1. The maximum absolute atomic E-state index is 13.4. The van der Waals surface area contributed by atoms with E-state index in [1.54, 1.807) is 0 Å². The molecule has 0 aliphatic carbocycles. The van der Waals surface area contributed by atoms with Gasteiger partial charge in [-0.2, -0.15) is 0 Å². The molecule has 2 nitrogen and oxygen atoms in total. The van der Waals surface area contributed by atoms with Crippen LogP contribution in [-0.2, 0) is 11.2 Å². The molecule has 0 saturated carbocycles. The van der Waals surface area contributed by atoms with Crippen molar-refractivity contribution in [3.05, 3.63) is 29.3 Å². The summed E-state index contributed by atoms with van der Waals surface area (Å²) in [6, 6.07) is 2.03. The van der Waals surface area contributed by atoms with E-state index in [9.17, 15) is 13.6 Å². The van der Waals surface area contributed by atoms with Gasteiger partial charge in [-0.3, -0.25) is 4.79 Å². The third-order valence-electron chi connectivity index (χ3n) is 2.40. The summed E-state index contributed by atoms with van der Waals surface area (Å²) in [4.78, 5) is 12.6. The number of amides is 1. The molecule has 1 amide bonds. The number of carbonyl (C=O) groups is 1. The van der Waals surface area contributed by atoms with E-state index >= 15 is 0 Å². The first-order valence-electron chi connectivity index (χ1n) is 4.47. The molecule has 1 aliphatic heterocycles. The van der Waals surface area contributed by atoms with Crippen LogP contribution < -0.4 is 4.90 Å². The number of hydrogen-bond acceptors (Lipinski definition) is 1. The highest BCUT2D eigenvalue weighted by Crippen LogP contribution is 2.31. The van der Waals surface area contributed by atoms with Crippen LogP contribution in [0, 0.1) is 11.6 Å². The summed E-state index contributed by atoms with van der Waals surface area (Å²) < 4.78 is 26.3. The first-order chi connectivity index (χ1) is 7.13. The van der Waals surface area contributed by atoms with Crippen molar-refractivity contribution in [1.29, 1.82) is 0 Å². The van der Waals surface area contributed by atoms with Crippen LogP contribution in [0.15, 0.2) is 12.1 Å². The predicted octanol–water partition coefficient (Wildman–Crippen LogP) is 2.09. The standard InChI is InChI=1S/C10H8ClF2NO/c11-5-9(15)14-2-1-6-3-7(12)4-8(13)10(6)14/h3-4H,1-2,5H2. The molecule has 0 bridgehead atoms. The SMILES string of the molecule is O=C(CCl)N1CCc2cc(F)cc(F)c21. The van der Waals surface area contributed by atoms with Gasteiger partial charge in [0.15, 0.2) is 0 Å². The minimum atomic E-state index is -0.707. The van der Waals surface area contributed by atoms with Gasteiger partial charge in [-0.05, 0) is 18.1 Å². The fraction of sp³-hybridized carbons (Fsp3) is 0.300. The van der Waals surface area contributed by atoms with Crippen LogP contribution >= 0.6 is 11.6 Å². The zero-order valence-electron chi connectivity index (χ0n) is 7.77. The van der Waals surface area contributed by atoms with E-state index < -0.39 is 11.6 Å². The molecule has 1 aromatic rings. The molecule has 0 fully saturated rings. The summed E-state index contributed by atoms with van der Waals surface area (Å²) in [5.74, 6) is -1.88. The lowest BCUT2D eigenvalue weighted by Crippen LogP contribution is -2.30. The lowest BCUT2D eigenvalue weighted by Gasteiger charge is -2.16. The molecule has 0 spiro atoms. The fourth-order valence-electron chi connectivity index (χ4n) is 1.78. The third-order valence-corrected chi connectivity index (χ3v) is 2.63. The number of halogens is 3. The molecule has 0 unspecified atom stereocenters. The molecule has 80 valence electrons. The minimum absolute atomic E-state index is 0.169. The van der Waals surface area contributed by atoms with Crippen LogP contribution in [0.2, 0.25) is 0 Å². The van der Waals surface area contributed by atoms with Crippen molar-refractivity contribution < 1.29 is 13.6 Å². The van der Waals surface area contributed by atoms with Crippen LogP contribution in [-0.4, -0.2) is 18.3 Å². The maximum Gasteiger partial charge on any atom is 0.242 e. The van der Waals surface area contributed by atoms with Gasteiger partial charge in [0.25, 0.3) is 0 Å². The molecule has 0 saturated heterocycles. The summed E-state index contributed by atoms with van der Waals surface area (Å²) in [5, 5.41) is 0. The summed E-state index contributed by atoms with van der Waals surface area (Å²) >= 11 is 5.39. The summed E-state index contributed by atoms with van der Waals surface area (Å²) in [5.41, 5.74) is 0.688. The van der Waals surface area contributed by atoms with Crippen molar-refractivity contribution in [3.8, 4) is 0 Å². The summed E-state index contributed by atoms with van der Waals surface area (Å²) in [6.07, 6.45) is 0.465. The van der Waals surface area contributed by atoms with Gasteiger partial charge in [0.2, 0.25) is 5.91 Å². The van der Waals surface area contributed by atoms with Gasteiger partial charge in [0.1, 0.15) is 17.5 Å². The average Bonchev–Trinajstić information content (AvgIpc) is 2.60. The van der Waals surface area contributed by atoms with E-state index in [0.29, 0.717) is 18.5 Å². The van der Waals surface area contributed by atoms with Crippen molar-refractivity contribution in [2.45, 2.75) is 6.42 Å². The highest BCUT2D eigenvalue weighted by Gasteiger charge is 2.27. The Bertz CT molecular complexity index is 422. The Labute approximate surface area is 90.4 Å². The molecule has 0 aromatic heterocycles. The van der Waals surface area contributed by atoms with Crippen molar-refractivity contribution in [2.24, 2.45) is 0 Å². The normalized spacial score (nSPS) is 14.2. The lowest BCUT2D eigenvalue weighted by molar-refractivity contribution is -0.116. The van der Waals surface area contributed by atoms with Gasteiger partial charge < -0.3 is 4.90 Å². The van der Waals surface area contributed by atoms with Gasteiger partial charge in [-0.15, -0.1) is 11.6 Å². The van der Waals surface area contributed by atoms with Gasteiger partial charge in [-0.25, -0.2) is 8.78 Å². The Hall–Kier alpha value is -1.16. The maximum atomic E-state index is 13.4. The Balaban J connectivity index is 2.46. The largest absolute Gasteiger partial charge is 0.308 e. The van der Waals surface area contributed by atoms with Crippen molar-refractivity contribution in [3.63, 3.8) is 0 Å². The van der Waals surface area contributed by atoms with Crippen molar-refractivity contribution in [2.75, 3.05) is 17.3 Å². The van der Waals surface area contributed by atoms with Crippen LogP contribution in [0.5, 0.6) is 0 Å². The zero-order chi connectivity index (χ0) is 11.0. The minimum Gasteiger partial charge on any atom is -0.308 e. The van der Waals surface area contributed by atoms with E-state index in [-0.39, 0.29) is 17.5 Å². The van der Waals surface area contributed by atoms with Crippen molar-refractivity contribution >= 4 is 23.2 Å². The Morgan fingerprint density at radius 2 is 2.20 bits per heavy atom. The number of alkyl halides is 1. The molecule has 0 radical (unpaired) electrons. The molecule has 5 heteroatoms. The second-order valence-electron chi connectivity index (χ2n) is 3.32. The Morgan fingerprint density at radius 3 is 2.87 bits per heavy atom. The fourth-order valence-corrected chi connectivity index (χ4v) is 1.92. The molecule has 2 rings (SSSR count). The molecule has 1 heterocycles. The first-order valence-corrected chi connectivity index (χ1v) is 5.01. The van der Waals surface area contributed by atoms with Crippen molar-refractivity contribution in [1.82, 2.24) is 0 Å². The molecular formula is C10H8ClF2NO. The van der Waals surface area contributed by atoms with Gasteiger partial charge in [0.05, 0.1) is 5.69 Å². The molecular weight excluding hydrogens is 224 g/mol. The van der Waals surface area contributed by atoms with Gasteiger partial charge in [-0.1, -0.05) is 0 Å². The number of anilines is 1. The molecule has 0 N–H and O–H groups in total. The number of benzene rings is 1. The predicted molar refractivity (Wildman–Crippen MR) is 53.1 cm³/mol. The molecule has 15 heavy (non-hydrogen) atoms. The number of rotatable bonds is 1. The van der Waals surface area contributed by atoms with Gasteiger partial charge in [0, 0.05) is 12.6 Å². The van der Waals surface area contributed by atoms with E-state index in [2.05, 4.69) is 0 Å². The summed E-state index contributed by atoms with van der Waals surface area (Å²) in [6.45, 7) is 0.362. The third kappa shape index (κ3) is 1.69. The Kier molecular flexibility index (Phi) is 2.61. The topological polar surface area (TPSA) is 20.3 Å². The zero-order valence-corrected chi connectivity index (χ0v) is 8.52. The highest BCUT2D eigenvalue weighted by molar-refractivity contribution is 6.29. The van der Waals surface area contributed by atoms with E-state index in [4.69, 9.17) is 11.6 Å². The number of nitrogens with zero attached hydrogens (tertiary/aromatic N) is 1. The van der Waals surface area contributed by atoms with Crippen LogP contribution in [0.3, 0.4) is 0 Å². The van der Waals surface area contributed by atoms with E-state index in [1.807, 2.05) is 0 Å². The summed E-state index contributed by atoms with van der Waals surface area (Å²) in [7, 11) is 0. The van der Waals surface area contributed by atoms with Gasteiger partial charge >= 0.3 is 0 Å². The quantitative estimate of drug-likeness (QED) is 0.678. The lowest BCUT2D eigenvalue weighted by atomic mass is 10.1. The van der Waals surface area contributed by atoms with Crippen LogP contribution in [0.25, 0.3) is 0 Å². The molecule has 0 atom stereocenters. The Morgan fingerprint density at radius 1 is 1.47 bits per heavy atom. The van der Waals surface area contributed by atoms with Crippen LogP contribution in [0.1, 0.15) is 5.56 Å².